The molecule has 0 unspecified atom stereocenters. The number of carbonyl (C=O) groups is 1. The molecular weight excluding hydrogens is 341 g/mol. The molecule has 3 nitrogen and oxygen atoms in total. The van der Waals surface area contributed by atoms with Crippen LogP contribution in [0.3, 0.4) is 0 Å². The van der Waals surface area contributed by atoms with Crippen molar-refractivity contribution in [3.05, 3.63) is 27.5 Å². The molecule has 19 heavy (non-hydrogen) atoms. The van der Waals surface area contributed by atoms with Gasteiger partial charge in [0, 0.05) is 10.7 Å². The summed E-state index contributed by atoms with van der Waals surface area (Å²) in [4.78, 5) is 14.0. The quantitative estimate of drug-likeness (QED) is 0.620. The molecule has 0 fully saturated rings. The summed E-state index contributed by atoms with van der Waals surface area (Å²) in [6, 6.07) is 0. The number of rotatable bonds is 3. The minimum atomic E-state index is -5.03. The number of alkyl halides is 5. The molecule has 1 heterocycles. The fourth-order valence-electron chi connectivity index (χ4n) is 1.40. The van der Waals surface area contributed by atoms with Gasteiger partial charge in [0.15, 0.2) is 5.69 Å². The van der Waals surface area contributed by atoms with Gasteiger partial charge in [0.05, 0.1) is 19.1 Å². The Labute approximate surface area is 112 Å². The molecule has 0 atom stereocenters. The second-order valence-electron chi connectivity index (χ2n) is 3.40. The van der Waals surface area contributed by atoms with Crippen molar-refractivity contribution in [3.63, 3.8) is 0 Å². The van der Waals surface area contributed by atoms with Gasteiger partial charge in [-0.15, -0.1) is 0 Å². The number of methoxy groups -OCH3 is 1. The number of halogens is 6. The van der Waals surface area contributed by atoms with Crippen LogP contribution in [0.1, 0.15) is 23.2 Å². The van der Waals surface area contributed by atoms with E-state index in [0.29, 0.717) is 0 Å². The fraction of sp³-hybridized carbons (Fsp3) is 0.400. The van der Waals surface area contributed by atoms with Gasteiger partial charge in [-0.2, -0.15) is 13.2 Å². The number of nitrogens with zero attached hydrogens (tertiary/aromatic N) is 1. The van der Waals surface area contributed by atoms with E-state index < -0.39 is 41.8 Å². The number of carbonyl (C=O) groups excluding carboxylic acids is 1. The minimum Gasteiger partial charge on any atom is -0.469 e. The predicted octanol–water partition coefficient (Wildman–Crippen LogP) is 3.52. The zero-order chi connectivity index (χ0) is 14.8. The first-order valence-electron chi connectivity index (χ1n) is 4.78. The highest BCUT2D eigenvalue weighted by molar-refractivity contribution is 9.10. The van der Waals surface area contributed by atoms with Gasteiger partial charge in [0.25, 0.3) is 6.43 Å². The van der Waals surface area contributed by atoms with Crippen molar-refractivity contribution < 1.29 is 31.5 Å². The number of ether oxygens (including phenoxy) is 1. The van der Waals surface area contributed by atoms with Crippen LogP contribution in [0.2, 0.25) is 0 Å². The Hall–Kier alpha value is -1.25. The van der Waals surface area contributed by atoms with Crippen molar-refractivity contribution in [2.75, 3.05) is 7.11 Å². The first-order valence-corrected chi connectivity index (χ1v) is 5.57. The average Bonchev–Trinajstić information content (AvgIpc) is 2.29. The number of aromatic nitrogens is 1. The van der Waals surface area contributed by atoms with Crippen LogP contribution in [0.25, 0.3) is 0 Å². The molecule has 0 aliphatic carbocycles. The van der Waals surface area contributed by atoms with E-state index in [1.807, 2.05) is 0 Å². The molecule has 0 aliphatic heterocycles. The molecule has 0 amide bonds. The van der Waals surface area contributed by atoms with E-state index in [-0.39, 0.29) is 4.47 Å². The summed E-state index contributed by atoms with van der Waals surface area (Å²) in [5.41, 5.74) is -3.50. The molecule has 1 rings (SSSR count). The third-order valence-electron chi connectivity index (χ3n) is 2.21. The lowest BCUT2D eigenvalue weighted by atomic mass is 10.0. The average molecular weight is 348 g/mol. The van der Waals surface area contributed by atoms with Gasteiger partial charge in [-0.25, -0.2) is 8.78 Å². The summed E-state index contributed by atoms with van der Waals surface area (Å²) in [7, 11) is 1.00. The highest BCUT2D eigenvalue weighted by atomic mass is 79.9. The fourth-order valence-corrected chi connectivity index (χ4v) is 1.85. The zero-order valence-electron chi connectivity index (χ0n) is 9.39. The van der Waals surface area contributed by atoms with Crippen molar-refractivity contribution >= 4 is 21.9 Å². The van der Waals surface area contributed by atoms with Crippen LogP contribution in [-0.2, 0) is 22.1 Å². The third-order valence-corrected chi connectivity index (χ3v) is 2.89. The summed E-state index contributed by atoms with van der Waals surface area (Å²) in [6.45, 7) is 0. The second kappa shape index (κ2) is 5.81. The number of hydrogen-bond acceptors (Lipinski definition) is 3. The lowest BCUT2D eigenvalue weighted by Crippen LogP contribution is -2.17. The van der Waals surface area contributed by atoms with Crippen LogP contribution in [0.5, 0.6) is 0 Å². The maximum atomic E-state index is 12.8. The van der Waals surface area contributed by atoms with Gasteiger partial charge in [-0.05, 0) is 21.5 Å². The first-order chi connectivity index (χ1) is 8.68. The van der Waals surface area contributed by atoms with Crippen molar-refractivity contribution in [1.29, 1.82) is 0 Å². The molecule has 1 aromatic heterocycles. The monoisotopic (exact) mass is 347 g/mol. The Morgan fingerprint density at radius 2 is 2.05 bits per heavy atom. The van der Waals surface area contributed by atoms with Crippen molar-refractivity contribution in [3.8, 4) is 0 Å². The molecule has 0 aromatic carbocycles. The maximum Gasteiger partial charge on any atom is 0.433 e. The van der Waals surface area contributed by atoms with E-state index in [1.54, 1.807) is 0 Å². The number of hydrogen-bond donors (Lipinski definition) is 0. The van der Waals surface area contributed by atoms with Crippen molar-refractivity contribution in [1.82, 2.24) is 4.98 Å². The maximum absolute atomic E-state index is 12.8. The topological polar surface area (TPSA) is 39.2 Å². The molecule has 0 aliphatic rings. The number of esters is 1. The summed E-state index contributed by atoms with van der Waals surface area (Å²) >= 11 is 2.80. The lowest BCUT2D eigenvalue weighted by Gasteiger charge is -2.16. The van der Waals surface area contributed by atoms with Gasteiger partial charge in [-0.1, -0.05) is 0 Å². The third kappa shape index (κ3) is 3.62. The molecule has 0 saturated heterocycles. The van der Waals surface area contributed by atoms with Gasteiger partial charge in [0.1, 0.15) is 0 Å². The van der Waals surface area contributed by atoms with Gasteiger partial charge < -0.3 is 4.74 Å². The van der Waals surface area contributed by atoms with Crippen LogP contribution < -0.4 is 0 Å². The molecule has 0 bridgehead atoms. The Bertz CT molecular complexity index is 490. The van der Waals surface area contributed by atoms with Crippen LogP contribution >= 0.6 is 15.9 Å². The Morgan fingerprint density at radius 3 is 2.47 bits per heavy atom. The van der Waals surface area contributed by atoms with E-state index in [9.17, 15) is 26.7 Å². The second-order valence-corrected chi connectivity index (χ2v) is 4.25. The van der Waals surface area contributed by atoms with E-state index in [4.69, 9.17) is 0 Å². The molecule has 106 valence electrons. The molecular formula is C10H7BrF5NO2. The van der Waals surface area contributed by atoms with E-state index in [0.717, 1.165) is 13.3 Å². The standard InChI is InChI=1S/C10H7BrF5NO2/c1-19-6(18)2-4-5(11)3-17-8(10(14,15)16)7(4)9(12)13/h3,9H,2H2,1H3. The van der Waals surface area contributed by atoms with Crippen LogP contribution in [0.4, 0.5) is 22.0 Å². The lowest BCUT2D eigenvalue weighted by molar-refractivity contribution is -0.144. The zero-order valence-corrected chi connectivity index (χ0v) is 11.0. The van der Waals surface area contributed by atoms with Gasteiger partial charge >= 0.3 is 12.1 Å². The van der Waals surface area contributed by atoms with Crippen LogP contribution in [-0.4, -0.2) is 18.1 Å². The smallest absolute Gasteiger partial charge is 0.433 e. The van der Waals surface area contributed by atoms with Crippen molar-refractivity contribution in [2.45, 2.75) is 19.0 Å². The summed E-state index contributed by atoms with van der Waals surface area (Å²) < 4.78 is 67.7. The van der Waals surface area contributed by atoms with Crippen LogP contribution in [0.15, 0.2) is 10.7 Å². The van der Waals surface area contributed by atoms with E-state index >= 15 is 0 Å². The van der Waals surface area contributed by atoms with Crippen LogP contribution in [0, 0.1) is 0 Å². The molecule has 0 radical (unpaired) electrons. The normalized spacial score (nSPS) is 11.8. The first kappa shape index (κ1) is 15.8. The molecule has 0 N–H and O–H groups in total. The summed E-state index contributed by atoms with van der Waals surface area (Å²) in [6.07, 6.45) is -8.42. The molecule has 0 saturated carbocycles. The number of pyridine rings is 1. The Morgan fingerprint density at radius 1 is 1.47 bits per heavy atom. The van der Waals surface area contributed by atoms with Crippen molar-refractivity contribution in [2.24, 2.45) is 0 Å². The van der Waals surface area contributed by atoms with Gasteiger partial charge in [0.2, 0.25) is 0 Å². The Balaban J connectivity index is 3.46. The largest absolute Gasteiger partial charge is 0.469 e. The highest BCUT2D eigenvalue weighted by Gasteiger charge is 2.39. The van der Waals surface area contributed by atoms with E-state index in [1.165, 1.54) is 0 Å². The van der Waals surface area contributed by atoms with Gasteiger partial charge in [-0.3, -0.25) is 9.78 Å². The molecule has 0 spiro atoms. The summed E-state index contributed by atoms with van der Waals surface area (Å²) in [5, 5.41) is 0. The predicted molar refractivity (Wildman–Crippen MR) is 57.6 cm³/mol. The molecule has 9 heteroatoms. The summed E-state index contributed by atoms with van der Waals surface area (Å²) in [5.74, 6) is -0.929. The highest BCUT2D eigenvalue weighted by Crippen LogP contribution is 2.39. The SMILES string of the molecule is COC(=O)Cc1c(Br)cnc(C(F)(F)F)c1C(F)F. The Kier molecular flexibility index (Phi) is 4.83. The molecule has 1 aromatic rings. The minimum absolute atomic E-state index is 0.110. The van der Waals surface area contributed by atoms with E-state index in [2.05, 4.69) is 25.7 Å².